The van der Waals surface area contributed by atoms with Crippen LogP contribution >= 0.6 is 0 Å². The SMILES string of the molecule is NCc1cc(-n2nccc2N)ncn1. The zero-order valence-electron chi connectivity index (χ0n) is 7.46. The molecule has 2 aromatic heterocycles. The molecule has 0 spiro atoms. The number of anilines is 1. The number of nitrogens with two attached hydrogens (primary N) is 2. The molecule has 0 radical (unpaired) electrons. The van der Waals surface area contributed by atoms with Gasteiger partial charge >= 0.3 is 0 Å². The number of hydrogen-bond donors (Lipinski definition) is 2. The fourth-order valence-electron chi connectivity index (χ4n) is 1.12. The van der Waals surface area contributed by atoms with Crippen molar-refractivity contribution in [1.82, 2.24) is 19.7 Å². The Kier molecular flexibility index (Phi) is 2.11. The van der Waals surface area contributed by atoms with E-state index in [1.54, 1.807) is 18.3 Å². The molecule has 0 fully saturated rings. The van der Waals surface area contributed by atoms with Gasteiger partial charge in [-0.2, -0.15) is 9.78 Å². The van der Waals surface area contributed by atoms with Gasteiger partial charge in [0, 0.05) is 18.7 Å². The van der Waals surface area contributed by atoms with E-state index in [1.807, 2.05) is 0 Å². The van der Waals surface area contributed by atoms with Gasteiger partial charge in [-0.05, 0) is 0 Å². The highest BCUT2D eigenvalue weighted by Crippen LogP contribution is 2.08. The van der Waals surface area contributed by atoms with Crippen LogP contribution < -0.4 is 11.5 Å². The molecular weight excluding hydrogens is 180 g/mol. The van der Waals surface area contributed by atoms with Crippen LogP contribution in [-0.2, 0) is 6.54 Å². The molecule has 0 saturated heterocycles. The topological polar surface area (TPSA) is 95.6 Å². The second kappa shape index (κ2) is 3.43. The lowest BCUT2D eigenvalue weighted by atomic mass is 10.4. The van der Waals surface area contributed by atoms with Crippen LogP contribution in [0.5, 0.6) is 0 Å². The molecule has 0 aliphatic carbocycles. The quantitative estimate of drug-likeness (QED) is 0.678. The summed E-state index contributed by atoms with van der Waals surface area (Å²) in [5, 5.41) is 4.02. The van der Waals surface area contributed by atoms with Crippen LogP contribution in [0.4, 0.5) is 5.82 Å². The van der Waals surface area contributed by atoms with Crippen molar-refractivity contribution < 1.29 is 0 Å². The third-order valence-corrected chi connectivity index (χ3v) is 1.81. The van der Waals surface area contributed by atoms with Gasteiger partial charge in [0.25, 0.3) is 0 Å². The molecule has 0 aliphatic rings. The Morgan fingerprint density at radius 1 is 1.36 bits per heavy atom. The van der Waals surface area contributed by atoms with Gasteiger partial charge in [0.1, 0.15) is 12.1 Å². The van der Waals surface area contributed by atoms with Crippen LogP contribution in [0.25, 0.3) is 5.82 Å². The van der Waals surface area contributed by atoms with Gasteiger partial charge in [0.2, 0.25) is 0 Å². The van der Waals surface area contributed by atoms with Crippen molar-refractivity contribution in [2.45, 2.75) is 6.54 Å². The van der Waals surface area contributed by atoms with Gasteiger partial charge in [-0.1, -0.05) is 0 Å². The first-order valence-corrected chi connectivity index (χ1v) is 4.12. The maximum Gasteiger partial charge on any atom is 0.159 e. The Balaban J connectivity index is 2.47. The molecule has 0 atom stereocenters. The number of aromatic nitrogens is 4. The van der Waals surface area contributed by atoms with E-state index in [2.05, 4.69) is 15.1 Å². The van der Waals surface area contributed by atoms with E-state index in [0.29, 0.717) is 18.2 Å². The second-order valence-corrected chi connectivity index (χ2v) is 2.74. The van der Waals surface area contributed by atoms with Crippen LogP contribution in [0.1, 0.15) is 5.69 Å². The summed E-state index contributed by atoms with van der Waals surface area (Å²) < 4.78 is 1.53. The fraction of sp³-hybridized carbons (Fsp3) is 0.125. The molecule has 2 heterocycles. The highest BCUT2D eigenvalue weighted by molar-refractivity contribution is 5.36. The minimum atomic E-state index is 0.372. The van der Waals surface area contributed by atoms with Crippen molar-refractivity contribution in [2.75, 3.05) is 5.73 Å². The molecule has 2 rings (SSSR count). The monoisotopic (exact) mass is 190 g/mol. The lowest BCUT2D eigenvalue weighted by molar-refractivity contribution is 0.834. The lowest BCUT2D eigenvalue weighted by Gasteiger charge is -2.03. The van der Waals surface area contributed by atoms with E-state index in [9.17, 15) is 0 Å². The van der Waals surface area contributed by atoms with E-state index in [4.69, 9.17) is 11.5 Å². The minimum Gasteiger partial charge on any atom is -0.384 e. The number of rotatable bonds is 2. The van der Waals surface area contributed by atoms with Crippen LogP contribution in [-0.4, -0.2) is 19.7 Å². The Labute approximate surface area is 80.6 Å². The molecule has 2 aromatic rings. The van der Waals surface area contributed by atoms with Crippen molar-refractivity contribution in [3.8, 4) is 5.82 Å². The molecule has 0 bridgehead atoms. The fourth-order valence-corrected chi connectivity index (χ4v) is 1.12. The normalized spacial score (nSPS) is 10.4. The summed E-state index contributed by atoms with van der Waals surface area (Å²) in [6.45, 7) is 0.372. The van der Waals surface area contributed by atoms with Crippen LogP contribution in [0.3, 0.4) is 0 Å². The molecule has 14 heavy (non-hydrogen) atoms. The Morgan fingerprint density at radius 2 is 2.21 bits per heavy atom. The average molecular weight is 190 g/mol. The Hall–Kier alpha value is -1.95. The van der Waals surface area contributed by atoms with E-state index in [0.717, 1.165) is 5.69 Å². The number of hydrogen-bond acceptors (Lipinski definition) is 5. The zero-order chi connectivity index (χ0) is 9.97. The van der Waals surface area contributed by atoms with Crippen molar-refractivity contribution in [3.05, 3.63) is 30.4 Å². The first-order chi connectivity index (χ1) is 6.81. The minimum absolute atomic E-state index is 0.372. The molecule has 6 heteroatoms. The predicted octanol–water partition coefficient (Wildman–Crippen LogP) is -0.297. The first kappa shape index (κ1) is 8.64. The van der Waals surface area contributed by atoms with E-state index in [-0.39, 0.29) is 0 Å². The number of nitrogens with zero attached hydrogens (tertiary/aromatic N) is 4. The summed E-state index contributed by atoms with van der Waals surface area (Å²) in [7, 11) is 0. The van der Waals surface area contributed by atoms with Crippen molar-refractivity contribution >= 4 is 5.82 Å². The molecule has 4 N–H and O–H groups in total. The highest BCUT2D eigenvalue weighted by Gasteiger charge is 2.03. The predicted molar refractivity (Wildman–Crippen MR) is 51.5 cm³/mol. The molecule has 0 amide bonds. The van der Waals surface area contributed by atoms with Crippen LogP contribution in [0.2, 0.25) is 0 Å². The molecule has 0 aliphatic heterocycles. The summed E-state index contributed by atoms with van der Waals surface area (Å²) in [5.41, 5.74) is 11.9. The summed E-state index contributed by atoms with van der Waals surface area (Å²) in [6.07, 6.45) is 3.05. The van der Waals surface area contributed by atoms with Gasteiger partial charge in [-0.15, -0.1) is 0 Å². The molecular formula is C8H10N6. The zero-order valence-corrected chi connectivity index (χ0v) is 7.46. The third kappa shape index (κ3) is 1.42. The Bertz CT molecular complexity index is 435. The number of nitrogen functional groups attached to an aromatic ring is 1. The lowest BCUT2D eigenvalue weighted by Crippen LogP contribution is -2.07. The van der Waals surface area contributed by atoms with Crippen LogP contribution in [0, 0.1) is 0 Å². The van der Waals surface area contributed by atoms with Crippen molar-refractivity contribution in [1.29, 1.82) is 0 Å². The molecule has 0 saturated carbocycles. The third-order valence-electron chi connectivity index (χ3n) is 1.81. The molecule has 0 unspecified atom stereocenters. The standard InChI is InChI=1S/C8H10N6/c9-4-6-3-8(12-5-11-6)14-7(10)1-2-13-14/h1-3,5H,4,9-10H2. The van der Waals surface area contributed by atoms with Gasteiger partial charge < -0.3 is 11.5 Å². The highest BCUT2D eigenvalue weighted by atomic mass is 15.3. The maximum atomic E-state index is 5.67. The van der Waals surface area contributed by atoms with Crippen LogP contribution in [0.15, 0.2) is 24.7 Å². The summed E-state index contributed by atoms with van der Waals surface area (Å²) in [6, 6.07) is 3.45. The second-order valence-electron chi connectivity index (χ2n) is 2.74. The van der Waals surface area contributed by atoms with Gasteiger partial charge in [-0.25, -0.2) is 9.97 Å². The van der Waals surface area contributed by atoms with Crippen molar-refractivity contribution in [3.63, 3.8) is 0 Å². The molecule has 72 valence electrons. The summed E-state index contributed by atoms with van der Waals surface area (Å²) in [5.74, 6) is 1.16. The van der Waals surface area contributed by atoms with Crippen molar-refractivity contribution in [2.24, 2.45) is 5.73 Å². The largest absolute Gasteiger partial charge is 0.384 e. The Morgan fingerprint density at radius 3 is 2.86 bits per heavy atom. The van der Waals surface area contributed by atoms with E-state index in [1.165, 1.54) is 11.0 Å². The summed E-state index contributed by atoms with van der Waals surface area (Å²) >= 11 is 0. The average Bonchev–Trinajstić information content (AvgIpc) is 2.65. The molecule has 0 aromatic carbocycles. The smallest absolute Gasteiger partial charge is 0.159 e. The van der Waals surface area contributed by atoms with Gasteiger partial charge in [0.15, 0.2) is 5.82 Å². The van der Waals surface area contributed by atoms with Gasteiger partial charge in [-0.3, -0.25) is 0 Å². The van der Waals surface area contributed by atoms with E-state index < -0.39 is 0 Å². The van der Waals surface area contributed by atoms with Gasteiger partial charge in [0.05, 0.1) is 11.9 Å². The maximum absolute atomic E-state index is 5.67. The van der Waals surface area contributed by atoms with E-state index >= 15 is 0 Å². The first-order valence-electron chi connectivity index (χ1n) is 4.12. The summed E-state index contributed by atoms with van der Waals surface area (Å²) in [4.78, 5) is 8.02. The molecule has 6 nitrogen and oxygen atoms in total.